The number of hydrogen-bond donors (Lipinski definition) is 1. The van der Waals surface area contributed by atoms with Gasteiger partial charge < -0.3 is 19.7 Å². The predicted octanol–water partition coefficient (Wildman–Crippen LogP) is 2.99. The average Bonchev–Trinajstić information content (AvgIpc) is 3.17. The standard InChI is InChI=1S/C16H26ClN3O2S/c1-3-18-16(20(2)11-14-6-7-15(17)23-14)19-8-10-21-12-13-5-4-9-22-13/h6-7,13H,3-5,8-12H2,1-2H3,(H,18,19). The fourth-order valence-corrected chi connectivity index (χ4v) is 3.56. The predicted molar refractivity (Wildman–Crippen MR) is 96.6 cm³/mol. The maximum atomic E-state index is 5.98. The van der Waals surface area contributed by atoms with Gasteiger partial charge in [0.25, 0.3) is 0 Å². The molecule has 1 aliphatic rings. The van der Waals surface area contributed by atoms with Gasteiger partial charge in [-0.3, -0.25) is 4.99 Å². The molecule has 0 radical (unpaired) electrons. The molecule has 0 saturated carbocycles. The first-order chi connectivity index (χ1) is 11.2. The summed E-state index contributed by atoms with van der Waals surface area (Å²) in [5.41, 5.74) is 0. The third-order valence-corrected chi connectivity index (χ3v) is 4.76. The quantitative estimate of drug-likeness (QED) is 0.440. The lowest BCUT2D eigenvalue weighted by Gasteiger charge is -2.21. The Balaban J connectivity index is 1.74. The summed E-state index contributed by atoms with van der Waals surface area (Å²) >= 11 is 7.58. The fraction of sp³-hybridized carbons (Fsp3) is 0.688. The summed E-state index contributed by atoms with van der Waals surface area (Å²) < 4.78 is 12.0. The van der Waals surface area contributed by atoms with E-state index in [2.05, 4.69) is 28.2 Å². The van der Waals surface area contributed by atoms with E-state index in [9.17, 15) is 0 Å². The van der Waals surface area contributed by atoms with E-state index in [0.717, 1.165) is 42.8 Å². The third-order valence-electron chi connectivity index (χ3n) is 3.54. The van der Waals surface area contributed by atoms with Crippen LogP contribution in [-0.4, -0.2) is 56.9 Å². The van der Waals surface area contributed by atoms with Crippen LogP contribution in [0.25, 0.3) is 0 Å². The van der Waals surface area contributed by atoms with Crippen molar-refractivity contribution >= 4 is 28.9 Å². The van der Waals surface area contributed by atoms with Crippen molar-refractivity contribution in [3.05, 3.63) is 21.3 Å². The van der Waals surface area contributed by atoms with Gasteiger partial charge in [-0.15, -0.1) is 11.3 Å². The van der Waals surface area contributed by atoms with E-state index in [4.69, 9.17) is 21.1 Å². The van der Waals surface area contributed by atoms with Crippen LogP contribution in [0.4, 0.5) is 0 Å². The molecule has 1 unspecified atom stereocenters. The molecule has 0 aromatic carbocycles. The summed E-state index contributed by atoms with van der Waals surface area (Å²) in [6.07, 6.45) is 2.53. The highest BCUT2D eigenvalue weighted by Gasteiger charge is 2.15. The van der Waals surface area contributed by atoms with Crippen molar-refractivity contribution in [1.29, 1.82) is 0 Å². The van der Waals surface area contributed by atoms with E-state index in [1.807, 2.05) is 13.1 Å². The zero-order valence-corrected chi connectivity index (χ0v) is 15.5. The number of nitrogens with zero attached hydrogens (tertiary/aromatic N) is 2. The second kappa shape index (κ2) is 10.1. The number of aliphatic imine (C=N–C) groups is 1. The summed E-state index contributed by atoms with van der Waals surface area (Å²) in [5, 5.41) is 3.31. The van der Waals surface area contributed by atoms with Crippen LogP contribution in [-0.2, 0) is 16.0 Å². The molecule has 0 spiro atoms. The molecule has 0 amide bonds. The molecule has 2 heterocycles. The van der Waals surface area contributed by atoms with Crippen molar-refractivity contribution in [2.24, 2.45) is 4.99 Å². The molecule has 130 valence electrons. The minimum atomic E-state index is 0.276. The van der Waals surface area contributed by atoms with Crippen LogP contribution >= 0.6 is 22.9 Å². The molecule has 1 atom stereocenters. The zero-order chi connectivity index (χ0) is 16.5. The fourth-order valence-electron chi connectivity index (χ4n) is 2.42. The molecule has 0 aliphatic carbocycles. The van der Waals surface area contributed by atoms with Crippen LogP contribution in [0.2, 0.25) is 4.34 Å². The second-order valence-electron chi connectivity index (χ2n) is 5.51. The van der Waals surface area contributed by atoms with Gasteiger partial charge in [0, 0.05) is 25.1 Å². The van der Waals surface area contributed by atoms with E-state index in [1.54, 1.807) is 11.3 Å². The summed E-state index contributed by atoms with van der Waals surface area (Å²) in [6, 6.07) is 3.98. The highest BCUT2D eigenvalue weighted by molar-refractivity contribution is 7.16. The van der Waals surface area contributed by atoms with Crippen LogP contribution in [0.15, 0.2) is 17.1 Å². The Morgan fingerprint density at radius 3 is 3.09 bits per heavy atom. The maximum Gasteiger partial charge on any atom is 0.194 e. The van der Waals surface area contributed by atoms with Gasteiger partial charge in [-0.1, -0.05) is 11.6 Å². The molecule has 7 heteroatoms. The lowest BCUT2D eigenvalue weighted by atomic mass is 10.2. The van der Waals surface area contributed by atoms with Crippen molar-refractivity contribution in [2.75, 3.05) is 40.0 Å². The summed E-state index contributed by atoms with van der Waals surface area (Å²) in [6.45, 7) is 6.51. The Hall–Kier alpha value is -0.820. The molecule has 5 nitrogen and oxygen atoms in total. The number of guanidine groups is 1. The third kappa shape index (κ3) is 6.67. The summed E-state index contributed by atoms with van der Waals surface area (Å²) in [7, 11) is 2.03. The normalized spacial score (nSPS) is 18.4. The van der Waals surface area contributed by atoms with Crippen LogP contribution in [0, 0.1) is 0 Å². The average molecular weight is 360 g/mol. The number of rotatable bonds is 8. The molecule has 1 fully saturated rings. The number of ether oxygens (including phenoxy) is 2. The van der Waals surface area contributed by atoms with Crippen LogP contribution < -0.4 is 5.32 Å². The van der Waals surface area contributed by atoms with Crippen LogP contribution in [0.1, 0.15) is 24.6 Å². The van der Waals surface area contributed by atoms with Crippen molar-refractivity contribution in [3.63, 3.8) is 0 Å². The minimum Gasteiger partial charge on any atom is -0.377 e. The minimum absolute atomic E-state index is 0.276. The van der Waals surface area contributed by atoms with Gasteiger partial charge >= 0.3 is 0 Å². The Bertz CT molecular complexity index is 489. The molecule has 1 saturated heterocycles. The molecular formula is C16H26ClN3O2S. The van der Waals surface area contributed by atoms with E-state index >= 15 is 0 Å². The Kier molecular flexibility index (Phi) is 8.16. The van der Waals surface area contributed by atoms with Gasteiger partial charge in [0.1, 0.15) is 0 Å². The summed E-state index contributed by atoms with van der Waals surface area (Å²) in [5.74, 6) is 0.887. The smallest absolute Gasteiger partial charge is 0.194 e. The first kappa shape index (κ1) is 18.5. The van der Waals surface area contributed by atoms with Gasteiger partial charge in [0.05, 0.1) is 36.7 Å². The van der Waals surface area contributed by atoms with Crippen molar-refractivity contribution in [2.45, 2.75) is 32.4 Å². The topological polar surface area (TPSA) is 46.1 Å². The van der Waals surface area contributed by atoms with Gasteiger partial charge in [-0.2, -0.15) is 0 Å². The van der Waals surface area contributed by atoms with E-state index in [-0.39, 0.29) is 6.10 Å². The lowest BCUT2D eigenvalue weighted by Crippen LogP contribution is -2.38. The SMILES string of the molecule is CCNC(=NCCOCC1CCCO1)N(C)Cc1ccc(Cl)s1. The molecule has 0 bridgehead atoms. The van der Waals surface area contributed by atoms with Gasteiger partial charge in [-0.05, 0) is 31.9 Å². The van der Waals surface area contributed by atoms with Crippen molar-refractivity contribution in [3.8, 4) is 0 Å². The largest absolute Gasteiger partial charge is 0.377 e. The van der Waals surface area contributed by atoms with Crippen LogP contribution in [0.5, 0.6) is 0 Å². The van der Waals surface area contributed by atoms with Gasteiger partial charge in [0.15, 0.2) is 5.96 Å². The molecule has 1 aromatic rings. The Morgan fingerprint density at radius 1 is 1.57 bits per heavy atom. The second-order valence-corrected chi connectivity index (χ2v) is 7.31. The van der Waals surface area contributed by atoms with Gasteiger partial charge in [0.2, 0.25) is 0 Å². The maximum absolute atomic E-state index is 5.98. The van der Waals surface area contributed by atoms with E-state index in [0.29, 0.717) is 19.8 Å². The van der Waals surface area contributed by atoms with Crippen molar-refractivity contribution < 1.29 is 9.47 Å². The van der Waals surface area contributed by atoms with E-state index in [1.165, 1.54) is 4.88 Å². The summed E-state index contributed by atoms with van der Waals surface area (Å²) in [4.78, 5) is 7.94. The molecule has 23 heavy (non-hydrogen) atoms. The van der Waals surface area contributed by atoms with E-state index < -0.39 is 0 Å². The number of halogens is 1. The molecular weight excluding hydrogens is 334 g/mol. The molecule has 2 rings (SSSR count). The lowest BCUT2D eigenvalue weighted by molar-refractivity contribution is 0.0199. The molecule has 1 aliphatic heterocycles. The molecule has 1 aromatic heterocycles. The zero-order valence-electron chi connectivity index (χ0n) is 13.9. The monoisotopic (exact) mass is 359 g/mol. The van der Waals surface area contributed by atoms with Crippen LogP contribution in [0.3, 0.4) is 0 Å². The van der Waals surface area contributed by atoms with Gasteiger partial charge in [-0.25, -0.2) is 0 Å². The highest BCUT2D eigenvalue weighted by atomic mass is 35.5. The molecule has 1 N–H and O–H groups in total. The first-order valence-electron chi connectivity index (χ1n) is 8.12. The number of nitrogens with one attached hydrogen (secondary N) is 1. The first-order valence-corrected chi connectivity index (χ1v) is 9.31. The van der Waals surface area contributed by atoms with Crippen molar-refractivity contribution in [1.82, 2.24) is 10.2 Å². The number of thiophene rings is 1. The highest BCUT2D eigenvalue weighted by Crippen LogP contribution is 2.22. The Morgan fingerprint density at radius 2 is 2.43 bits per heavy atom. The Labute approximate surface area is 147 Å². The number of hydrogen-bond acceptors (Lipinski definition) is 4.